The van der Waals surface area contributed by atoms with E-state index in [2.05, 4.69) is 48.6 Å². The summed E-state index contributed by atoms with van der Waals surface area (Å²) in [6.07, 6.45) is 1.12. The van der Waals surface area contributed by atoms with Crippen LogP contribution in [-0.2, 0) is 6.54 Å². The first-order valence-corrected chi connectivity index (χ1v) is 7.15. The van der Waals surface area contributed by atoms with Crippen LogP contribution in [0.5, 0.6) is 5.75 Å². The van der Waals surface area contributed by atoms with Crippen LogP contribution < -0.4 is 15.4 Å². The fourth-order valence-electron chi connectivity index (χ4n) is 1.59. The number of nitrogens with one attached hydrogen (secondary N) is 2. The molecule has 0 unspecified atom stereocenters. The van der Waals surface area contributed by atoms with Crippen LogP contribution in [0.2, 0.25) is 0 Å². The van der Waals surface area contributed by atoms with Gasteiger partial charge in [-0.15, -0.1) is 0 Å². The summed E-state index contributed by atoms with van der Waals surface area (Å²) in [5.74, 6) is 0.898. The first-order valence-electron chi connectivity index (χ1n) is 5.56. The van der Waals surface area contributed by atoms with Crippen molar-refractivity contribution < 1.29 is 4.74 Å². The monoisotopic (exact) mass is 364 g/mol. The first-order chi connectivity index (χ1) is 8.19. The van der Waals surface area contributed by atoms with Crippen LogP contribution in [-0.4, -0.2) is 27.2 Å². The minimum absolute atomic E-state index is 0.810. The molecule has 0 spiro atoms. The van der Waals surface area contributed by atoms with Gasteiger partial charge in [0, 0.05) is 16.6 Å². The Morgan fingerprint density at radius 3 is 2.65 bits per heavy atom. The molecule has 0 aliphatic carbocycles. The Hall–Kier alpha value is -0.100. The van der Waals surface area contributed by atoms with Crippen molar-refractivity contribution in [3.63, 3.8) is 0 Å². The number of benzene rings is 1. The summed E-state index contributed by atoms with van der Waals surface area (Å²) in [6, 6.07) is 4.07. The predicted molar refractivity (Wildman–Crippen MR) is 78.6 cm³/mol. The Morgan fingerprint density at radius 1 is 1.24 bits per heavy atom. The zero-order valence-corrected chi connectivity index (χ0v) is 13.3. The van der Waals surface area contributed by atoms with Gasteiger partial charge < -0.3 is 15.4 Å². The van der Waals surface area contributed by atoms with Crippen molar-refractivity contribution in [2.24, 2.45) is 0 Å². The molecule has 5 heteroatoms. The maximum absolute atomic E-state index is 5.39. The van der Waals surface area contributed by atoms with E-state index in [1.54, 1.807) is 7.11 Å². The Kier molecular flexibility index (Phi) is 7.11. The van der Waals surface area contributed by atoms with Crippen molar-refractivity contribution in [3.8, 4) is 5.75 Å². The number of methoxy groups -OCH3 is 1. The molecule has 0 fully saturated rings. The van der Waals surface area contributed by atoms with Crippen molar-refractivity contribution in [1.29, 1.82) is 0 Å². The SMILES string of the molecule is CNCCCNCc1cc(Br)cc(Br)c1OC. The number of rotatable bonds is 7. The Balaban J connectivity index is 2.57. The topological polar surface area (TPSA) is 33.3 Å². The minimum atomic E-state index is 0.810. The molecule has 0 amide bonds. The van der Waals surface area contributed by atoms with Crippen LogP contribution in [0.25, 0.3) is 0 Å². The van der Waals surface area contributed by atoms with E-state index >= 15 is 0 Å². The molecule has 96 valence electrons. The van der Waals surface area contributed by atoms with E-state index in [9.17, 15) is 0 Å². The minimum Gasteiger partial charge on any atom is -0.495 e. The lowest BCUT2D eigenvalue weighted by molar-refractivity contribution is 0.405. The van der Waals surface area contributed by atoms with Crippen LogP contribution in [0.4, 0.5) is 0 Å². The predicted octanol–water partition coefficient (Wildman–Crippen LogP) is 2.92. The molecule has 0 radical (unpaired) electrons. The molecule has 17 heavy (non-hydrogen) atoms. The molecule has 1 rings (SSSR count). The van der Waals surface area contributed by atoms with Gasteiger partial charge in [-0.1, -0.05) is 15.9 Å². The van der Waals surface area contributed by atoms with Crippen LogP contribution in [0.1, 0.15) is 12.0 Å². The van der Waals surface area contributed by atoms with Crippen molar-refractivity contribution >= 4 is 31.9 Å². The Bertz CT molecular complexity index is 359. The first kappa shape index (κ1) is 15.0. The molecule has 0 aliphatic rings. The summed E-state index contributed by atoms with van der Waals surface area (Å²) in [6.45, 7) is 2.84. The summed E-state index contributed by atoms with van der Waals surface area (Å²) in [4.78, 5) is 0. The van der Waals surface area contributed by atoms with Gasteiger partial charge in [0.25, 0.3) is 0 Å². The lowest BCUT2D eigenvalue weighted by Gasteiger charge is -2.12. The highest BCUT2D eigenvalue weighted by atomic mass is 79.9. The fourth-order valence-corrected chi connectivity index (χ4v) is 3.06. The number of hydrogen-bond acceptors (Lipinski definition) is 3. The van der Waals surface area contributed by atoms with E-state index in [4.69, 9.17) is 4.74 Å². The van der Waals surface area contributed by atoms with Crippen LogP contribution in [0, 0.1) is 0 Å². The average molecular weight is 366 g/mol. The van der Waals surface area contributed by atoms with Gasteiger partial charge in [0.05, 0.1) is 11.6 Å². The van der Waals surface area contributed by atoms with Gasteiger partial charge in [0.1, 0.15) is 5.75 Å². The second kappa shape index (κ2) is 8.08. The van der Waals surface area contributed by atoms with Gasteiger partial charge in [-0.3, -0.25) is 0 Å². The van der Waals surface area contributed by atoms with Crippen LogP contribution in [0.15, 0.2) is 21.1 Å². The van der Waals surface area contributed by atoms with Crippen LogP contribution in [0.3, 0.4) is 0 Å². The molecule has 1 aromatic carbocycles. The largest absolute Gasteiger partial charge is 0.495 e. The second-order valence-corrected chi connectivity index (χ2v) is 5.48. The Labute approximate surface area is 120 Å². The molecule has 0 aliphatic heterocycles. The summed E-state index contributed by atoms with van der Waals surface area (Å²) < 4.78 is 7.42. The smallest absolute Gasteiger partial charge is 0.137 e. The van der Waals surface area contributed by atoms with E-state index in [1.165, 1.54) is 0 Å². The third-order valence-corrected chi connectivity index (χ3v) is 3.43. The van der Waals surface area contributed by atoms with E-state index < -0.39 is 0 Å². The second-order valence-electron chi connectivity index (χ2n) is 3.71. The standard InChI is InChI=1S/C12H18Br2N2O/c1-15-4-3-5-16-8-9-6-10(13)7-11(14)12(9)17-2/h6-7,15-16H,3-5,8H2,1-2H3. The number of ether oxygens (including phenoxy) is 1. The lowest BCUT2D eigenvalue weighted by Crippen LogP contribution is -2.19. The van der Waals surface area contributed by atoms with Gasteiger partial charge in [-0.2, -0.15) is 0 Å². The molecule has 0 saturated heterocycles. The number of halogens is 2. The third-order valence-electron chi connectivity index (χ3n) is 2.39. The van der Waals surface area contributed by atoms with Crippen molar-refractivity contribution in [2.45, 2.75) is 13.0 Å². The zero-order valence-electron chi connectivity index (χ0n) is 10.1. The molecule has 2 N–H and O–H groups in total. The van der Waals surface area contributed by atoms with Crippen molar-refractivity contribution in [1.82, 2.24) is 10.6 Å². The molecule has 0 aromatic heterocycles. The average Bonchev–Trinajstić information content (AvgIpc) is 2.28. The molecule has 0 atom stereocenters. The zero-order chi connectivity index (χ0) is 12.7. The van der Waals surface area contributed by atoms with Gasteiger partial charge in [-0.25, -0.2) is 0 Å². The van der Waals surface area contributed by atoms with E-state index in [0.29, 0.717) is 0 Å². The van der Waals surface area contributed by atoms with E-state index in [1.807, 2.05) is 13.1 Å². The molecule has 1 aromatic rings. The summed E-state index contributed by atoms with van der Waals surface area (Å²) >= 11 is 6.99. The quantitative estimate of drug-likeness (QED) is 0.729. The van der Waals surface area contributed by atoms with Crippen molar-refractivity contribution in [2.75, 3.05) is 27.2 Å². The van der Waals surface area contributed by atoms with Gasteiger partial charge in [-0.05, 0) is 54.6 Å². The normalized spacial score (nSPS) is 10.6. The number of hydrogen-bond donors (Lipinski definition) is 2. The summed E-state index contributed by atoms with van der Waals surface area (Å²) in [5, 5.41) is 6.53. The summed E-state index contributed by atoms with van der Waals surface area (Å²) in [7, 11) is 3.66. The molecule has 0 bridgehead atoms. The van der Waals surface area contributed by atoms with Gasteiger partial charge in [0.2, 0.25) is 0 Å². The molecule has 0 saturated carbocycles. The highest BCUT2D eigenvalue weighted by Crippen LogP contribution is 2.32. The van der Waals surface area contributed by atoms with E-state index in [-0.39, 0.29) is 0 Å². The maximum Gasteiger partial charge on any atom is 0.137 e. The highest BCUT2D eigenvalue weighted by molar-refractivity contribution is 9.11. The highest BCUT2D eigenvalue weighted by Gasteiger charge is 2.08. The van der Waals surface area contributed by atoms with Crippen molar-refractivity contribution in [3.05, 3.63) is 26.6 Å². The van der Waals surface area contributed by atoms with Gasteiger partial charge in [0.15, 0.2) is 0 Å². The third kappa shape index (κ3) is 4.95. The van der Waals surface area contributed by atoms with Gasteiger partial charge >= 0.3 is 0 Å². The molecule has 3 nitrogen and oxygen atoms in total. The molecular formula is C12H18Br2N2O. The summed E-state index contributed by atoms with van der Waals surface area (Å²) in [5.41, 5.74) is 1.15. The lowest BCUT2D eigenvalue weighted by atomic mass is 10.2. The molecular weight excluding hydrogens is 348 g/mol. The van der Waals surface area contributed by atoms with E-state index in [0.717, 1.165) is 46.3 Å². The van der Waals surface area contributed by atoms with Crippen LogP contribution >= 0.6 is 31.9 Å². The maximum atomic E-state index is 5.39. The fraction of sp³-hybridized carbons (Fsp3) is 0.500. The Morgan fingerprint density at radius 2 is 2.00 bits per heavy atom. The molecule has 0 heterocycles.